The van der Waals surface area contributed by atoms with Gasteiger partial charge in [0.15, 0.2) is 5.82 Å². The van der Waals surface area contributed by atoms with Crippen molar-refractivity contribution >= 4 is 22.4 Å². The number of hydrogen-bond acceptors (Lipinski definition) is 6. The summed E-state index contributed by atoms with van der Waals surface area (Å²) in [6, 6.07) is 5.98. The molecule has 0 aliphatic rings. The van der Waals surface area contributed by atoms with Crippen LogP contribution in [0.25, 0.3) is 0 Å². The first-order valence-electron chi connectivity index (χ1n) is 5.09. The van der Waals surface area contributed by atoms with Crippen LogP contribution in [0, 0.1) is 11.3 Å². The maximum absolute atomic E-state index is 8.89. The largest absolute Gasteiger partial charge is 0.382 e. The van der Waals surface area contributed by atoms with Crippen molar-refractivity contribution in [1.29, 1.82) is 5.26 Å². The lowest BCUT2D eigenvalue weighted by molar-refractivity contribution is 1.02. The predicted octanol–water partition coefficient (Wildman–Crippen LogP) is 1.65. The van der Waals surface area contributed by atoms with E-state index in [4.69, 9.17) is 11.0 Å². The third-order valence-corrected chi connectivity index (χ3v) is 3.10. The Bertz CT molecular complexity index is 529. The van der Waals surface area contributed by atoms with Gasteiger partial charge in [-0.05, 0) is 35.6 Å². The molecular weight excluding hydrogens is 234 g/mol. The molecule has 0 fully saturated rings. The molecule has 6 heteroatoms. The highest BCUT2D eigenvalue weighted by atomic mass is 32.1. The molecule has 0 aliphatic carbocycles. The summed E-state index contributed by atoms with van der Waals surface area (Å²) >= 11 is 1.21. The lowest BCUT2D eigenvalue weighted by Gasteiger charge is -2.03. The summed E-state index contributed by atoms with van der Waals surface area (Å²) in [6.07, 6.45) is 4.40. The lowest BCUT2D eigenvalue weighted by Crippen LogP contribution is -2.04. The number of anilines is 2. The van der Waals surface area contributed by atoms with Crippen LogP contribution < -0.4 is 11.1 Å². The van der Waals surface area contributed by atoms with Gasteiger partial charge in [0.2, 0.25) is 0 Å². The molecule has 0 saturated heterocycles. The highest BCUT2D eigenvalue weighted by Gasteiger charge is 2.09. The van der Waals surface area contributed by atoms with Crippen LogP contribution >= 0.6 is 11.5 Å². The van der Waals surface area contributed by atoms with Gasteiger partial charge in [-0.3, -0.25) is 4.98 Å². The van der Waals surface area contributed by atoms with Gasteiger partial charge >= 0.3 is 0 Å². The van der Waals surface area contributed by atoms with E-state index in [9.17, 15) is 0 Å². The van der Waals surface area contributed by atoms with E-state index in [1.165, 1.54) is 17.1 Å². The lowest BCUT2D eigenvalue weighted by atomic mass is 10.2. The normalized spacial score (nSPS) is 9.82. The fraction of sp³-hybridized carbons (Fsp3) is 0.182. The third kappa shape index (κ3) is 2.71. The number of nitrogens with one attached hydrogen (secondary N) is 1. The molecule has 17 heavy (non-hydrogen) atoms. The molecule has 2 aromatic heterocycles. The number of nitriles is 1. The smallest absolute Gasteiger partial charge is 0.157 e. The Morgan fingerprint density at radius 2 is 2.18 bits per heavy atom. The van der Waals surface area contributed by atoms with Crippen LogP contribution in [0.4, 0.5) is 10.8 Å². The van der Waals surface area contributed by atoms with Gasteiger partial charge < -0.3 is 11.1 Å². The Hall–Kier alpha value is -2.13. The van der Waals surface area contributed by atoms with Crippen LogP contribution in [-0.4, -0.2) is 15.9 Å². The average Bonchev–Trinajstić information content (AvgIpc) is 2.71. The van der Waals surface area contributed by atoms with Crippen molar-refractivity contribution in [3.8, 4) is 6.07 Å². The fourth-order valence-electron chi connectivity index (χ4n) is 1.40. The van der Waals surface area contributed by atoms with Crippen molar-refractivity contribution in [1.82, 2.24) is 9.36 Å². The standard InChI is InChI=1S/C11H11N5S/c12-7-9-10(13)16-17-11(9)15-6-3-8-1-4-14-5-2-8/h1-2,4-5,15H,3,6H2,(H2,13,16). The number of rotatable bonds is 4. The topological polar surface area (TPSA) is 87.6 Å². The van der Waals surface area contributed by atoms with Gasteiger partial charge in [0.25, 0.3) is 0 Å². The van der Waals surface area contributed by atoms with Gasteiger partial charge in [0, 0.05) is 18.9 Å². The van der Waals surface area contributed by atoms with Gasteiger partial charge in [0.1, 0.15) is 16.6 Å². The molecule has 0 aromatic carbocycles. The maximum Gasteiger partial charge on any atom is 0.157 e. The SMILES string of the molecule is N#Cc1c(N)nsc1NCCc1ccncc1. The fourth-order valence-corrected chi connectivity index (χ4v) is 2.09. The number of hydrogen-bond donors (Lipinski definition) is 2. The number of pyridine rings is 1. The summed E-state index contributed by atoms with van der Waals surface area (Å²) in [5.74, 6) is 0.295. The van der Waals surface area contributed by atoms with Crippen molar-refractivity contribution in [3.63, 3.8) is 0 Å². The molecule has 0 amide bonds. The second-order valence-corrected chi connectivity index (χ2v) is 4.19. The van der Waals surface area contributed by atoms with E-state index in [0.29, 0.717) is 11.4 Å². The molecule has 0 unspecified atom stereocenters. The first kappa shape index (κ1) is 11.4. The molecule has 0 aliphatic heterocycles. The molecule has 3 N–H and O–H groups in total. The molecule has 5 nitrogen and oxygen atoms in total. The number of aromatic nitrogens is 2. The summed E-state index contributed by atoms with van der Waals surface area (Å²) in [4.78, 5) is 3.95. The molecule has 2 aromatic rings. The molecular formula is C11H11N5S. The Kier molecular flexibility index (Phi) is 3.52. The minimum absolute atomic E-state index is 0.295. The van der Waals surface area contributed by atoms with Gasteiger partial charge in [-0.15, -0.1) is 0 Å². The van der Waals surface area contributed by atoms with Crippen molar-refractivity contribution < 1.29 is 0 Å². The Morgan fingerprint density at radius 3 is 2.88 bits per heavy atom. The monoisotopic (exact) mass is 245 g/mol. The molecule has 2 rings (SSSR count). The van der Waals surface area contributed by atoms with Gasteiger partial charge in [0.05, 0.1) is 0 Å². The van der Waals surface area contributed by atoms with Crippen LogP contribution in [0.3, 0.4) is 0 Å². The predicted molar refractivity (Wildman–Crippen MR) is 67.7 cm³/mol. The first-order chi connectivity index (χ1) is 8.31. The highest BCUT2D eigenvalue weighted by molar-refractivity contribution is 7.10. The molecule has 0 saturated carbocycles. The average molecular weight is 245 g/mol. The summed E-state index contributed by atoms with van der Waals surface area (Å²) in [6.45, 7) is 0.736. The summed E-state index contributed by atoms with van der Waals surface area (Å²) in [5, 5.41) is 12.8. The zero-order valence-corrected chi connectivity index (χ0v) is 9.87. The van der Waals surface area contributed by atoms with Crippen LogP contribution in [0.1, 0.15) is 11.1 Å². The molecule has 0 radical (unpaired) electrons. The van der Waals surface area contributed by atoms with Gasteiger partial charge in [-0.1, -0.05) is 0 Å². The Morgan fingerprint density at radius 1 is 1.41 bits per heavy atom. The van der Waals surface area contributed by atoms with E-state index in [1.807, 2.05) is 18.2 Å². The van der Waals surface area contributed by atoms with E-state index >= 15 is 0 Å². The van der Waals surface area contributed by atoms with Gasteiger partial charge in [-0.25, -0.2) is 0 Å². The summed E-state index contributed by atoms with van der Waals surface area (Å²) in [7, 11) is 0. The summed E-state index contributed by atoms with van der Waals surface area (Å²) in [5.41, 5.74) is 7.20. The van der Waals surface area contributed by atoms with Crippen molar-refractivity contribution in [3.05, 3.63) is 35.7 Å². The Labute approximate surface area is 103 Å². The van der Waals surface area contributed by atoms with Crippen LogP contribution in [0.5, 0.6) is 0 Å². The van der Waals surface area contributed by atoms with E-state index in [1.54, 1.807) is 12.4 Å². The minimum Gasteiger partial charge on any atom is -0.382 e. The maximum atomic E-state index is 8.89. The van der Waals surface area contributed by atoms with E-state index in [-0.39, 0.29) is 0 Å². The van der Waals surface area contributed by atoms with Crippen molar-refractivity contribution in [2.45, 2.75) is 6.42 Å². The molecule has 0 spiro atoms. The highest BCUT2D eigenvalue weighted by Crippen LogP contribution is 2.25. The van der Waals surface area contributed by atoms with Crippen molar-refractivity contribution in [2.24, 2.45) is 0 Å². The number of nitrogens with zero attached hydrogens (tertiary/aromatic N) is 3. The minimum atomic E-state index is 0.295. The van der Waals surface area contributed by atoms with E-state index < -0.39 is 0 Å². The Balaban J connectivity index is 1.93. The third-order valence-electron chi connectivity index (χ3n) is 2.28. The number of nitrogen functional groups attached to an aromatic ring is 1. The van der Waals surface area contributed by atoms with Crippen LogP contribution in [0.2, 0.25) is 0 Å². The van der Waals surface area contributed by atoms with E-state index in [0.717, 1.165) is 18.0 Å². The van der Waals surface area contributed by atoms with E-state index in [2.05, 4.69) is 14.7 Å². The molecule has 86 valence electrons. The second-order valence-electron chi connectivity index (χ2n) is 3.42. The van der Waals surface area contributed by atoms with Gasteiger partial charge in [-0.2, -0.15) is 9.64 Å². The molecule has 0 bridgehead atoms. The molecule has 2 heterocycles. The number of nitrogens with two attached hydrogens (primary N) is 1. The zero-order valence-electron chi connectivity index (χ0n) is 9.05. The molecule has 0 atom stereocenters. The van der Waals surface area contributed by atoms with Crippen LogP contribution in [0.15, 0.2) is 24.5 Å². The first-order valence-corrected chi connectivity index (χ1v) is 5.86. The summed E-state index contributed by atoms with van der Waals surface area (Å²) < 4.78 is 3.94. The zero-order chi connectivity index (χ0) is 12.1. The van der Waals surface area contributed by atoms with Crippen molar-refractivity contribution in [2.75, 3.05) is 17.6 Å². The van der Waals surface area contributed by atoms with Crippen LogP contribution in [-0.2, 0) is 6.42 Å². The second kappa shape index (κ2) is 5.27. The quantitative estimate of drug-likeness (QED) is 0.855.